The molecule has 0 bridgehead atoms. The Hall–Kier alpha value is -2.72. The van der Waals surface area contributed by atoms with Gasteiger partial charge in [0, 0.05) is 57.8 Å². The Kier molecular flexibility index (Phi) is 5.61. The van der Waals surface area contributed by atoms with Crippen molar-refractivity contribution in [1.29, 1.82) is 0 Å². The molecule has 2 aliphatic rings. The van der Waals surface area contributed by atoms with Gasteiger partial charge in [-0.2, -0.15) is 9.40 Å². The molecule has 1 aromatic carbocycles. The standard InChI is InChI=1S/C21H27N5O4S/c1-14-6-7-17(22-15(2)27)19(12-14)31(29,30)26-11-8-18-16(13-26)20(23-24(18)3)21(28)25-9-4-5-10-25/h6-7,12H,4-5,8-11,13H2,1-3H3,(H,22,27). The molecule has 31 heavy (non-hydrogen) atoms. The molecular formula is C21H27N5O4S. The lowest BCUT2D eigenvalue weighted by Crippen LogP contribution is -2.37. The van der Waals surface area contributed by atoms with Gasteiger partial charge in [-0.15, -0.1) is 0 Å². The molecule has 1 saturated heterocycles. The van der Waals surface area contributed by atoms with Gasteiger partial charge in [0.15, 0.2) is 5.69 Å². The number of aryl methyl sites for hydroxylation is 2. The fraction of sp³-hybridized carbons (Fsp3) is 0.476. The highest BCUT2D eigenvalue weighted by atomic mass is 32.2. The average molecular weight is 446 g/mol. The summed E-state index contributed by atoms with van der Waals surface area (Å²) in [7, 11) is -2.11. The predicted molar refractivity (Wildman–Crippen MR) is 115 cm³/mol. The summed E-state index contributed by atoms with van der Waals surface area (Å²) in [6.07, 6.45) is 2.41. The summed E-state index contributed by atoms with van der Waals surface area (Å²) in [5.74, 6) is -0.477. The summed E-state index contributed by atoms with van der Waals surface area (Å²) in [5.41, 5.74) is 2.93. The summed E-state index contributed by atoms with van der Waals surface area (Å²) in [4.78, 5) is 26.4. The highest BCUT2D eigenvalue weighted by molar-refractivity contribution is 7.89. The largest absolute Gasteiger partial charge is 0.337 e. The maximum atomic E-state index is 13.5. The molecule has 0 atom stereocenters. The Balaban J connectivity index is 1.70. The van der Waals surface area contributed by atoms with Gasteiger partial charge >= 0.3 is 0 Å². The number of nitrogens with zero attached hydrogens (tertiary/aromatic N) is 4. The maximum absolute atomic E-state index is 13.5. The van der Waals surface area contributed by atoms with Crippen molar-refractivity contribution in [3.63, 3.8) is 0 Å². The first-order valence-electron chi connectivity index (χ1n) is 10.4. The van der Waals surface area contributed by atoms with Crippen LogP contribution in [0.2, 0.25) is 0 Å². The third-order valence-electron chi connectivity index (χ3n) is 5.87. The minimum Gasteiger partial charge on any atom is -0.337 e. The van der Waals surface area contributed by atoms with E-state index in [2.05, 4.69) is 10.4 Å². The number of benzene rings is 1. The second-order valence-corrected chi connectivity index (χ2v) is 10.1. The highest BCUT2D eigenvalue weighted by Gasteiger charge is 2.36. The van der Waals surface area contributed by atoms with Crippen LogP contribution in [-0.2, 0) is 34.8 Å². The monoisotopic (exact) mass is 445 g/mol. The van der Waals surface area contributed by atoms with Crippen molar-refractivity contribution in [3.05, 3.63) is 40.7 Å². The third-order valence-corrected chi connectivity index (χ3v) is 7.75. The summed E-state index contributed by atoms with van der Waals surface area (Å²) < 4.78 is 30.2. The Morgan fingerprint density at radius 1 is 1.13 bits per heavy atom. The molecular weight excluding hydrogens is 418 g/mol. The summed E-state index contributed by atoms with van der Waals surface area (Å²) in [5, 5.41) is 7.06. The summed E-state index contributed by atoms with van der Waals surface area (Å²) in [6.45, 7) is 4.91. The van der Waals surface area contributed by atoms with E-state index in [9.17, 15) is 18.0 Å². The van der Waals surface area contributed by atoms with E-state index < -0.39 is 10.0 Å². The Morgan fingerprint density at radius 2 is 1.84 bits per heavy atom. The number of fused-ring (bicyclic) bond motifs is 1. The fourth-order valence-corrected chi connectivity index (χ4v) is 5.93. The Labute approximate surface area is 182 Å². The van der Waals surface area contributed by atoms with Crippen LogP contribution in [0.5, 0.6) is 0 Å². The molecule has 0 saturated carbocycles. The Bertz CT molecular complexity index is 1150. The number of hydrogen-bond acceptors (Lipinski definition) is 5. The maximum Gasteiger partial charge on any atom is 0.274 e. The van der Waals surface area contributed by atoms with E-state index in [-0.39, 0.29) is 35.5 Å². The van der Waals surface area contributed by atoms with E-state index in [4.69, 9.17) is 0 Å². The van der Waals surface area contributed by atoms with E-state index in [1.165, 1.54) is 11.2 Å². The van der Waals surface area contributed by atoms with Gasteiger partial charge in [-0.05, 0) is 37.5 Å². The van der Waals surface area contributed by atoms with Gasteiger partial charge in [0.25, 0.3) is 5.91 Å². The number of amides is 2. The van der Waals surface area contributed by atoms with Crippen molar-refractivity contribution in [2.75, 3.05) is 25.0 Å². The van der Waals surface area contributed by atoms with Crippen LogP contribution in [0.4, 0.5) is 5.69 Å². The second-order valence-electron chi connectivity index (χ2n) is 8.17. The molecule has 1 N–H and O–H groups in total. The lowest BCUT2D eigenvalue weighted by molar-refractivity contribution is -0.114. The first-order valence-corrected chi connectivity index (χ1v) is 11.8. The molecule has 0 spiro atoms. The Morgan fingerprint density at radius 3 is 2.52 bits per heavy atom. The predicted octanol–water partition coefficient (Wildman–Crippen LogP) is 1.67. The molecule has 2 amide bonds. The number of likely N-dealkylation sites (tertiary alicyclic amines) is 1. The fourth-order valence-electron chi connectivity index (χ4n) is 4.29. The number of sulfonamides is 1. The molecule has 1 fully saturated rings. The minimum absolute atomic E-state index is 0.0578. The number of anilines is 1. The van der Waals surface area contributed by atoms with Gasteiger partial charge in [0.05, 0.1) is 5.69 Å². The van der Waals surface area contributed by atoms with Crippen LogP contribution >= 0.6 is 0 Å². The van der Waals surface area contributed by atoms with Gasteiger partial charge in [0.2, 0.25) is 15.9 Å². The topological polar surface area (TPSA) is 105 Å². The van der Waals surface area contributed by atoms with E-state index in [0.717, 1.165) is 24.1 Å². The number of aromatic nitrogens is 2. The van der Waals surface area contributed by atoms with Gasteiger partial charge in [-0.3, -0.25) is 14.3 Å². The lowest BCUT2D eigenvalue weighted by Gasteiger charge is -2.28. The van der Waals surface area contributed by atoms with E-state index >= 15 is 0 Å². The highest BCUT2D eigenvalue weighted by Crippen LogP contribution is 2.31. The molecule has 3 heterocycles. The van der Waals surface area contributed by atoms with Crippen molar-refractivity contribution in [2.24, 2.45) is 7.05 Å². The van der Waals surface area contributed by atoms with Gasteiger partial charge < -0.3 is 10.2 Å². The SMILES string of the molecule is CC(=O)Nc1ccc(C)cc1S(=O)(=O)N1CCc2c(c(C(=O)N3CCCC3)nn2C)C1. The number of carbonyl (C=O) groups excluding carboxylic acids is 2. The first kappa shape index (κ1) is 21.5. The van der Waals surface area contributed by atoms with Crippen LogP contribution in [0.25, 0.3) is 0 Å². The van der Waals surface area contributed by atoms with Crippen molar-refractivity contribution in [1.82, 2.24) is 19.0 Å². The molecule has 2 aromatic rings. The molecule has 166 valence electrons. The lowest BCUT2D eigenvalue weighted by atomic mass is 10.1. The summed E-state index contributed by atoms with van der Waals surface area (Å²) in [6, 6.07) is 4.92. The number of carbonyl (C=O) groups is 2. The zero-order valence-corrected chi connectivity index (χ0v) is 18.8. The number of rotatable bonds is 4. The number of nitrogens with one attached hydrogen (secondary N) is 1. The molecule has 0 unspecified atom stereocenters. The van der Waals surface area contributed by atoms with Gasteiger partial charge in [-0.1, -0.05) is 6.07 Å². The van der Waals surface area contributed by atoms with Crippen LogP contribution in [0.3, 0.4) is 0 Å². The quantitative estimate of drug-likeness (QED) is 0.771. The van der Waals surface area contributed by atoms with Gasteiger partial charge in [0.1, 0.15) is 4.90 Å². The molecule has 2 aliphatic heterocycles. The van der Waals surface area contributed by atoms with E-state index in [0.29, 0.717) is 30.8 Å². The number of hydrogen-bond donors (Lipinski definition) is 1. The second kappa shape index (κ2) is 8.08. The minimum atomic E-state index is -3.90. The van der Waals surface area contributed by atoms with Crippen molar-refractivity contribution < 1.29 is 18.0 Å². The van der Waals surface area contributed by atoms with Crippen molar-refractivity contribution in [2.45, 2.75) is 44.6 Å². The normalized spacial score (nSPS) is 16.9. The average Bonchev–Trinajstić information content (AvgIpc) is 3.37. The molecule has 9 nitrogen and oxygen atoms in total. The first-order chi connectivity index (χ1) is 14.7. The molecule has 4 rings (SSSR count). The van der Waals surface area contributed by atoms with Crippen LogP contribution in [-0.4, -0.2) is 58.9 Å². The third kappa shape index (κ3) is 3.97. The van der Waals surface area contributed by atoms with Gasteiger partial charge in [-0.25, -0.2) is 8.42 Å². The molecule has 1 aromatic heterocycles. The molecule has 0 radical (unpaired) electrons. The summed E-state index contributed by atoms with van der Waals surface area (Å²) >= 11 is 0. The van der Waals surface area contributed by atoms with Crippen molar-refractivity contribution >= 4 is 27.5 Å². The van der Waals surface area contributed by atoms with Crippen LogP contribution in [0.15, 0.2) is 23.1 Å². The van der Waals surface area contributed by atoms with Crippen LogP contribution in [0, 0.1) is 6.92 Å². The molecule has 0 aliphatic carbocycles. The van der Waals surface area contributed by atoms with Crippen LogP contribution < -0.4 is 5.32 Å². The van der Waals surface area contributed by atoms with E-state index in [1.54, 1.807) is 41.8 Å². The van der Waals surface area contributed by atoms with Crippen molar-refractivity contribution in [3.8, 4) is 0 Å². The zero-order chi connectivity index (χ0) is 22.3. The smallest absolute Gasteiger partial charge is 0.274 e. The zero-order valence-electron chi connectivity index (χ0n) is 18.0. The molecule has 10 heteroatoms. The van der Waals surface area contributed by atoms with Crippen LogP contribution in [0.1, 0.15) is 47.1 Å². The van der Waals surface area contributed by atoms with E-state index in [1.807, 2.05) is 0 Å².